The van der Waals surface area contributed by atoms with Crippen LogP contribution in [0.3, 0.4) is 0 Å². The zero-order chi connectivity index (χ0) is 9.97. The molecule has 0 aromatic carbocycles. The summed E-state index contributed by atoms with van der Waals surface area (Å²) in [6.45, 7) is 0. The lowest BCUT2D eigenvalue weighted by atomic mass is 10.8. The Bertz CT molecular complexity index is 430. The van der Waals surface area contributed by atoms with Crippen molar-refractivity contribution in [3.05, 3.63) is 24.0 Å². The van der Waals surface area contributed by atoms with Gasteiger partial charge in [0.1, 0.15) is 6.33 Å². The Hall–Kier alpha value is -1.69. The van der Waals surface area contributed by atoms with Gasteiger partial charge in [-0.2, -0.15) is 15.0 Å². The summed E-state index contributed by atoms with van der Waals surface area (Å²) in [6.07, 6.45) is 4.88. The molecule has 0 N–H and O–H groups in total. The minimum absolute atomic E-state index is 0.0838. The molecule has 2 heterocycles. The predicted octanol–water partition coefficient (Wildman–Crippen LogP) is 0.719. The molecule has 0 aliphatic carbocycles. The molecule has 2 aromatic heterocycles. The molecule has 0 saturated heterocycles. The van der Waals surface area contributed by atoms with Crippen LogP contribution in [0.5, 0.6) is 6.01 Å². The van der Waals surface area contributed by atoms with Crippen LogP contribution in [-0.2, 0) is 0 Å². The lowest BCUT2D eigenvalue weighted by molar-refractivity contribution is 0.377. The Balaban J connectivity index is 2.48. The number of nitrogens with zero attached hydrogens (tertiary/aromatic N) is 5. The van der Waals surface area contributed by atoms with E-state index in [0.29, 0.717) is 5.95 Å². The third-order valence-corrected chi connectivity index (χ3v) is 1.66. The summed E-state index contributed by atoms with van der Waals surface area (Å²) in [5, 5.41) is 0.0838. The Morgan fingerprint density at radius 1 is 1.36 bits per heavy atom. The largest absolute Gasteiger partial charge is 0.467 e. The molecule has 0 bridgehead atoms. The van der Waals surface area contributed by atoms with Crippen LogP contribution < -0.4 is 4.74 Å². The molecule has 72 valence electrons. The lowest BCUT2D eigenvalue weighted by Gasteiger charge is -2.02. The van der Waals surface area contributed by atoms with E-state index in [4.69, 9.17) is 16.3 Å². The summed E-state index contributed by atoms with van der Waals surface area (Å²) in [5.41, 5.74) is 0. The number of methoxy groups -OCH3 is 1. The molecule has 6 nitrogen and oxygen atoms in total. The van der Waals surface area contributed by atoms with Crippen molar-refractivity contribution in [1.82, 2.24) is 24.5 Å². The van der Waals surface area contributed by atoms with Crippen LogP contribution in [0, 0.1) is 0 Å². The van der Waals surface area contributed by atoms with E-state index in [2.05, 4.69) is 19.9 Å². The first kappa shape index (κ1) is 8.89. The van der Waals surface area contributed by atoms with E-state index in [1.807, 2.05) is 0 Å². The van der Waals surface area contributed by atoms with E-state index >= 15 is 0 Å². The first-order valence-corrected chi connectivity index (χ1v) is 4.11. The maximum absolute atomic E-state index is 5.67. The van der Waals surface area contributed by atoms with Crippen LogP contribution in [0.25, 0.3) is 5.95 Å². The highest BCUT2D eigenvalue weighted by Crippen LogP contribution is 2.09. The van der Waals surface area contributed by atoms with Gasteiger partial charge in [0, 0.05) is 12.4 Å². The SMILES string of the molecule is COc1nc(Cl)nc(-n2ccnc2)n1. The average molecular weight is 212 g/mol. The van der Waals surface area contributed by atoms with Crippen LogP contribution in [0.1, 0.15) is 0 Å². The van der Waals surface area contributed by atoms with Gasteiger partial charge >= 0.3 is 6.01 Å². The highest BCUT2D eigenvalue weighted by Gasteiger charge is 2.05. The molecule has 0 spiro atoms. The first-order valence-electron chi connectivity index (χ1n) is 3.73. The fraction of sp³-hybridized carbons (Fsp3) is 0.143. The monoisotopic (exact) mass is 211 g/mol. The lowest BCUT2D eigenvalue weighted by Crippen LogP contribution is -2.03. The molecule has 14 heavy (non-hydrogen) atoms. The van der Waals surface area contributed by atoms with Crippen LogP contribution in [0.15, 0.2) is 18.7 Å². The summed E-state index contributed by atoms with van der Waals surface area (Å²) in [4.78, 5) is 15.5. The third-order valence-electron chi connectivity index (χ3n) is 1.49. The van der Waals surface area contributed by atoms with Gasteiger partial charge in [0.05, 0.1) is 7.11 Å². The molecule has 0 amide bonds. The number of hydrogen-bond acceptors (Lipinski definition) is 5. The quantitative estimate of drug-likeness (QED) is 0.732. The van der Waals surface area contributed by atoms with E-state index in [0.717, 1.165) is 0 Å². The number of halogens is 1. The van der Waals surface area contributed by atoms with Crippen molar-refractivity contribution < 1.29 is 4.74 Å². The second kappa shape index (κ2) is 3.59. The smallest absolute Gasteiger partial charge is 0.322 e. The van der Waals surface area contributed by atoms with Gasteiger partial charge in [0.2, 0.25) is 11.2 Å². The van der Waals surface area contributed by atoms with Crippen LogP contribution in [0.4, 0.5) is 0 Å². The molecule has 0 fully saturated rings. The van der Waals surface area contributed by atoms with Crippen molar-refractivity contribution in [2.45, 2.75) is 0 Å². The maximum Gasteiger partial charge on any atom is 0.322 e. The van der Waals surface area contributed by atoms with Crippen LogP contribution in [-0.4, -0.2) is 31.6 Å². The van der Waals surface area contributed by atoms with Crippen molar-refractivity contribution in [2.75, 3.05) is 7.11 Å². The van der Waals surface area contributed by atoms with Crippen LogP contribution in [0.2, 0.25) is 5.28 Å². The molecule has 0 aliphatic heterocycles. The van der Waals surface area contributed by atoms with Gasteiger partial charge in [-0.25, -0.2) is 4.98 Å². The molecule has 2 rings (SSSR count). The number of imidazole rings is 1. The van der Waals surface area contributed by atoms with E-state index in [1.54, 1.807) is 23.3 Å². The third kappa shape index (κ3) is 1.64. The topological polar surface area (TPSA) is 65.7 Å². The summed E-state index contributed by atoms with van der Waals surface area (Å²) in [7, 11) is 1.46. The zero-order valence-electron chi connectivity index (χ0n) is 7.25. The molecular formula is C7H6ClN5O. The fourth-order valence-electron chi connectivity index (χ4n) is 0.906. The number of ether oxygens (including phenoxy) is 1. The van der Waals surface area contributed by atoms with Crippen LogP contribution >= 0.6 is 11.6 Å². The van der Waals surface area contributed by atoms with Crippen molar-refractivity contribution >= 4 is 11.6 Å². The predicted molar refractivity (Wildman–Crippen MR) is 48.5 cm³/mol. The maximum atomic E-state index is 5.67. The Morgan fingerprint density at radius 2 is 2.21 bits per heavy atom. The van der Waals surface area contributed by atoms with Gasteiger partial charge < -0.3 is 4.74 Å². The van der Waals surface area contributed by atoms with Gasteiger partial charge in [-0.15, -0.1) is 0 Å². The first-order chi connectivity index (χ1) is 6.79. The van der Waals surface area contributed by atoms with Crippen molar-refractivity contribution in [2.24, 2.45) is 0 Å². The van der Waals surface area contributed by atoms with Crippen molar-refractivity contribution in [3.8, 4) is 12.0 Å². The Kier molecular flexibility index (Phi) is 2.28. The minimum Gasteiger partial charge on any atom is -0.467 e. The van der Waals surface area contributed by atoms with Gasteiger partial charge in [-0.1, -0.05) is 0 Å². The summed E-state index contributed by atoms with van der Waals surface area (Å²) in [5.74, 6) is 0.374. The van der Waals surface area contributed by atoms with E-state index < -0.39 is 0 Å². The standard InChI is InChI=1S/C7H6ClN5O/c1-14-7-11-5(8)10-6(12-7)13-3-2-9-4-13/h2-4H,1H3. The summed E-state index contributed by atoms with van der Waals surface area (Å²) < 4.78 is 6.46. The number of hydrogen-bond donors (Lipinski definition) is 0. The number of aromatic nitrogens is 5. The van der Waals surface area contributed by atoms with Crippen molar-refractivity contribution in [3.63, 3.8) is 0 Å². The molecule has 0 radical (unpaired) electrons. The molecular weight excluding hydrogens is 206 g/mol. The molecule has 0 unspecified atom stereocenters. The van der Waals surface area contributed by atoms with E-state index in [9.17, 15) is 0 Å². The van der Waals surface area contributed by atoms with E-state index in [-0.39, 0.29) is 11.3 Å². The fourth-order valence-corrected chi connectivity index (χ4v) is 1.05. The van der Waals surface area contributed by atoms with Gasteiger partial charge in [0.25, 0.3) is 0 Å². The minimum atomic E-state index is 0.0838. The normalized spacial score (nSPS) is 10.1. The second-order valence-electron chi connectivity index (χ2n) is 2.36. The summed E-state index contributed by atoms with van der Waals surface area (Å²) >= 11 is 5.67. The van der Waals surface area contributed by atoms with Gasteiger partial charge in [-0.3, -0.25) is 4.57 Å². The zero-order valence-corrected chi connectivity index (χ0v) is 8.01. The van der Waals surface area contributed by atoms with E-state index in [1.165, 1.54) is 7.11 Å². The average Bonchev–Trinajstić information content (AvgIpc) is 2.69. The molecule has 0 atom stereocenters. The Morgan fingerprint density at radius 3 is 2.86 bits per heavy atom. The van der Waals surface area contributed by atoms with Gasteiger partial charge in [-0.05, 0) is 11.6 Å². The molecule has 7 heteroatoms. The summed E-state index contributed by atoms with van der Waals surface area (Å²) in [6, 6.07) is 0.175. The molecule has 0 aliphatic rings. The van der Waals surface area contributed by atoms with Gasteiger partial charge in [0.15, 0.2) is 0 Å². The Labute approximate surface area is 84.6 Å². The van der Waals surface area contributed by atoms with Crippen molar-refractivity contribution in [1.29, 1.82) is 0 Å². The second-order valence-corrected chi connectivity index (χ2v) is 2.70. The highest BCUT2D eigenvalue weighted by molar-refractivity contribution is 6.28. The molecule has 0 saturated carbocycles. The number of rotatable bonds is 2. The molecule has 2 aromatic rings. The highest BCUT2D eigenvalue weighted by atomic mass is 35.5.